The Kier molecular flexibility index (Phi) is 3.70. The molecule has 2 N–H and O–H groups in total. The van der Waals surface area contributed by atoms with Crippen molar-refractivity contribution in [3.05, 3.63) is 66.5 Å². The minimum Gasteiger partial charge on any atom is -0.383 e. The van der Waals surface area contributed by atoms with E-state index in [1.165, 1.54) is 0 Å². The molecule has 0 spiro atoms. The molecule has 2 heterocycles. The molecule has 0 fully saturated rings. The fourth-order valence-electron chi connectivity index (χ4n) is 2.55. The second kappa shape index (κ2) is 5.82. The third kappa shape index (κ3) is 2.72. The number of hydrogen-bond donors (Lipinski definition) is 1. The van der Waals surface area contributed by atoms with Crippen LogP contribution >= 0.6 is 0 Å². The number of hydrogen-bond acceptors (Lipinski definition) is 3. The highest BCUT2D eigenvalue weighted by molar-refractivity contribution is 5.80. The van der Waals surface area contributed by atoms with Crippen LogP contribution in [0, 0.1) is 11.3 Å². The third-order valence-electron chi connectivity index (χ3n) is 3.72. The SMILES string of the molecule is C=Cc1cccc(-c2cc(-c3ccn(C)c3)nc(N)c2C#N)c1. The number of pyridine rings is 1. The zero-order valence-corrected chi connectivity index (χ0v) is 12.8. The van der Waals surface area contributed by atoms with Gasteiger partial charge in [0.25, 0.3) is 0 Å². The summed E-state index contributed by atoms with van der Waals surface area (Å²) in [4.78, 5) is 4.38. The number of nitriles is 1. The van der Waals surface area contributed by atoms with Crippen LogP contribution in [0.25, 0.3) is 28.5 Å². The molecule has 4 nitrogen and oxygen atoms in total. The number of nitrogens with two attached hydrogens (primary N) is 1. The lowest BCUT2D eigenvalue weighted by Gasteiger charge is -2.10. The number of anilines is 1. The van der Waals surface area contributed by atoms with E-state index in [0.717, 1.165) is 27.9 Å². The Hall–Kier alpha value is -3.32. The summed E-state index contributed by atoms with van der Waals surface area (Å²) in [6, 6.07) is 13.9. The Labute approximate surface area is 135 Å². The molecule has 0 bridgehead atoms. The van der Waals surface area contributed by atoms with Crippen LogP contribution in [0.2, 0.25) is 0 Å². The molecule has 23 heavy (non-hydrogen) atoms. The first-order valence-corrected chi connectivity index (χ1v) is 7.18. The normalized spacial score (nSPS) is 10.3. The predicted octanol–water partition coefficient (Wildman–Crippen LogP) is 3.85. The Balaban J connectivity index is 2.23. The summed E-state index contributed by atoms with van der Waals surface area (Å²) in [7, 11) is 1.95. The summed E-state index contributed by atoms with van der Waals surface area (Å²) in [5, 5.41) is 9.46. The van der Waals surface area contributed by atoms with Gasteiger partial charge in [-0.3, -0.25) is 0 Å². The average molecular weight is 300 g/mol. The predicted molar refractivity (Wildman–Crippen MR) is 93.3 cm³/mol. The van der Waals surface area contributed by atoms with Crippen LogP contribution < -0.4 is 5.73 Å². The number of nitrogen functional groups attached to an aromatic ring is 1. The van der Waals surface area contributed by atoms with Gasteiger partial charge in [-0.15, -0.1) is 0 Å². The van der Waals surface area contributed by atoms with E-state index >= 15 is 0 Å². The van der Waals surface area contributed by atoms with Gasteiger partial charge in [-0.05, 0) is 29.3 Å². The van der Waals surface area contributed by atoms with Crippen molar-refractivity contribution in [1.82, 2.24) is 9.55 Å². The Morgan fingerprint density at radius 1 is 1.26 bits per heavy atom. The van der Waals surface area contributed by atoms with E-state index in [0.29, 0.717) is 5.56 Å². The Morgan fingerprint density at radius 3 is 2.74 bits per heavy atom. The molecule has 0 unspecified atom stereocenters. The number of rotatable bonds is 3. The summed E-state index contributed by atoms with van der Waals surface area (Å²) in [5.41, 5.74) is 10.8. The molecule has 0 aliphatic carbocycles. The number of benzene rings is 1. The van der Waals surface area contributed by atoms with Gasteiger partial charge in [0.1, 0.15) is 17.5 Å². The molecule has 0 aliphatic rings. The number of nitrogens with zero attached hydrogens (tertiary/aromatic N) is 3. The molecule has 1 aromatic carbocycles. The van der Waals surface area contributed by atoms with Crippen molar-refractivity contribution in [3.63, 3.8) is 0 Å². The number of aryl methyl sites for hydroxylation is 1. The molecular weight excluding hydrogens is 284 g/mol. The van der Waals surface area contributed by atoms with E-state index in [9.17, 15) is 5.26 Å². The van der Waals surface area contributed by atoms with E-state index in [-0.39, 0.29) is 5.82 Å². The molecule has 0 saturated heterocycles. The van der Waals surface area contributed by atoms with Crippen molar-refractivity contribution in [1.29, 1.82) is 5.26 Å². The standard InChI is InChI=1S/C19H16N4/c1-3-13-5-4-6-14(9-13)16-10-18(15-7-8-23(2)12-15)22-19(21)17(16)11-20/h3-10,12H,1H2,2H3,(H2,21,22). The van der Waals surface area contributed by atoms with Gasteiger partial charge in [0.05, 0.1) is 5.69 Å². The second-order valence-electron chi connectivity index (χ2n) is 5.32. The monoisotopic (exact) mass is 300 g/mol. The lowest BCUT2D eigenvalue weighted by atomic mass is 9.97. The first-order valence-electron chi connectivity index (χ1n) is 7.18. The third-order valence-corrected chi connectivity index (χ3v) is 3.72. The lowest BCUT2D eigenvalue weighted by Crippen LogP contribution is -1.99. The van der Waals surface area contributed by atoms with Crippen molar-refractivity contribution < 1.29 is 0 Å². The molecule has 0 saturated carbocycles. The first-order chi connectivity index (χ1) is 11.1. The fourth-order valence-corrected chi connectivity index (χ4v) is 2.55. The maximum absolute atomic E-state index is 9.46. The molecular formula is C19H16N4. The van der Waals surface area contributed by atoms with Gasteiger partial charge in [0.2, 0.25) is 0 Å². The molecule has 3 rings (SSSR count). The first kappa shape index (κ1) is 14.6. The summed E-state index contributed by atoms with van der Waals surface area (Å²) in [5.74, 6) is 0.243. The van der Waals surface area contributed by atoms with E-state index in [4.69, 9.17) is 5.73 Å². The molecule has 3 aromatic rings. The van der Waals surface area contributed by atoms with Crippen molar-refractivity contribution in [2.75, 3.05) is 5.73 Å². The number of aromatic nitrogens is 2. The van der Waals surface area contributed by atoms with Crippen molar-refractivity contribution in [3.8, 4) is 28.5 Å². The largest absolute Gasteiger partial charge is 0.383 e. The lowest BCUT2D eigenvalue weighted by molar-refractivity contribution is 0.928. The van der Waals surface area contributed by atoms with Crippen molar-refractivity contribution in [2.24, 2.45) is 7.05 Å². The zero-order valence-electron chi connectivity index (χ0n) is 12.8. The quantitative estimate of drug-likeness (QED) is 0.798. The molecule has 0 atom stereocenters. The highest BCUT2D eigenvalue weighted by Gasteiger charge is 2.14. The van der Waals surface area contributed by atoms with Gasteiger partial charge in [0.15, 0.2) is 0 Å². The van der Waals surface area contributed by atoms with Crippen LogP contribution in [-0.4, -0.2) is 9.55 Å². The fraction of sp³-hybridized carbons (Fsp3) is 0.0526. The summed E-state index contributed by atoms with van der Waals surface area (Å²) in [6.45, 7) is 3.79. The summed E-state index contributed by atoms with van der Waals surface area (Å²) < 4.78 is 1.95. The highest BCUT2D eigenvalue weighted by atomic mass is 14.9. The van der Waals surface area contributed by atoms with Gasteiger partial charge < -0.3 is 10.3 Å². The van der Waals surface area contributed by atoms with Gasteiger partial charge in [-0.1, -0.05) is 30.9 Å². The van der Waals surface area contributed by atoms with E-state index in [2.05, 4.69) is 17.6 Å². The smallest absolute Gasteiger partial charge is 0.142 e. The highest BCUT2D eigenvalue weighted by Crippen LogP contribution is 2.31. The Morgan fingerprint density at radius 2 is 2.09 bits per heavy atom. The van der Waals surface area contributed by atoms with E-state index in [1.54, 1.807) is 6.08 Å². The minimum absolute atomic E-state index is 0.243. The molecule has 0 amide bonds. The minimum atomic E-state index is 0.243. The van der Waals surface area contributed by atoms with Crippen LogP contribution in [0.4, 0.5) is 5.82 Å². The molecule has 4 heteroatoms. The van der Waals surface area contributed by atoms with E-state index in [1.807, 2.05) is 60.4 Å². The van der Waals surface area contributed by atoms with Gasteiger partial charge in [-0.25, -0.2) is 4.98 Å². The summed E-state index contributed by atoms with van der Waals surface area (Å²) in [6.07, 6.45) is 5.69. The van der Waals surface area contributed by atoms with E-state index < -0.39 is 0 Å². The topological polar surface area (TPSA) is 67.6 Å². The zero-order chi connectivity index (χ0) is 16.4. The maximum atomic E-state index is 9.46. The Bertz CT molecular complexity index is 929. The van der Waals surface area contributed by atoms with Gasteiger partial charge in [0, 0.05) is 30.6 Å². The summed E-state index contributed by atoms with van der Waals surface area (Å²) >= 11 is 0. The molecule has 112 valence electrons. The average Bonchev–Trinajstić information content (AvgIpc) is 3.00. The van der Waals surface area contributed by atoms with Crippen LogP contribution in [0.15, 0.2) is 55.4 Å². The molecule has 2 aromatic heterocycles. The molecule has 0 aliphatic heterocycles. The van der Waals surface area contributed by atoms with Gasteiger partial charge in [-0.2, -0.15) is 5.26 Å². The maximum Gasteiger partial charge on any atom is 0.142 e. The van der Waals surface area contributed by atoms with Crippen LogP contribution in [0.1, 0.15) is 11.1 Å². The van der Waals surface area contributed by atoms with Crippen molar-refractivity contribution >= 4 is 11.9 Å². The van der Waals surface area contributed by atoms with Gasteiger partial charge >= 0.3 is 0 Å². The molecule has 0 radical (unpaired) electrons. The second-order valence-corrected chi connectivity index (χ2v) is 5.32. The van der Waals surface area contributed by atoms with Crippen LogP contribution in [-0.2, 0) is 7.05 Å². The van der Waals surface area contributed by atoms with Crippen LogP contribution in [0.3, 0.4) is 0 Å². The van der Waals surface area contributed by atoms with Crippen LogP contribution in [0.5, 0.6) is 0 Å². The van der Waals surface area contributed by atoms with Crippen molar-refractivity contribution in [2.45, 2.75) is 0 Å².